The molecule has 1 aromatic carbocycles. The van der Waals surface area contributed by atoms with Crippen molar-refractivity contribution in [2.45, 2.75) is 19.4 Å². The summed E-state index contributed by atoms with van der Waals surface area (Å²) in [6.07, 6.45) is 0.617. The predicted molar refractivity (Wildman–Crippen MR) is 66.2 cm³/mol. The fourth-order valence-corrected chi connectivity index (χ4v) is 1.73. The number of carbonyl (C=O) groups excluding carboxylic acids is 1. The highest BCUT2D eigenvalue weighted by atomic mass is 35.5. The van der Waals surface area contributed by atoms with Crippen molar-refractivity contribution < 1.29 is 9.53 Å². The molecule has 0 spiro atoms. The largest absolute Gasteiger partial charge is 0.467 e. The monoisotopic (exact) mass is 261 g/mol. The van der Waals surface area contributed by atoms with E-state index in [0.717, 1.165) is 0 Å². The first-order chi connectivity index (χ1) is 7.58. The maximum atomic E-state index is 11.4. The summed E-state index contributed by atoms with van der Waals surface area (Å²) in [4.78, 5) is 11.4. The lowest BCUT2D eigenvalue weighted by molar-refractivity contribution is -0.141. The van der Waals surface area contributed by atoms with Crippen LogP contribution in [0.5, 0.6) is 0 Å². The molecule has 0 aliphatic heterocycles. The first kappa shape index (κ1) is 13.1. The second-order valence-corrected chi connectivity index (χ2v) is 4.10. The van der Waals surface area contributed by atoms with Gasteiger partial charge in [0.15, 0.2) is 0 Å². The van der Waals surface area contributed by atoms with Crippen molar-refractivity contribution in [1.82, 2.24) is 0 Å². The molecule has 0 saturated heterocycles. The van der Waals surface area contributed by atoms with Crippen LogP contribution in [-0.2, 0) is 9.53 Å². The Hall–Kier alpha value is -0.930. The van der Waals surface area contributed by atoms with Crippen molar-refractivity contribution in [2.24, 2.45) is 0 Å². The van der Waals surface area contributed by atoms with Gasteiger partial charge in [-0.1, -0.05) is 30.1 Å². The van der Waals surface area contributed by atoms with Crippen LogP contribution in [0.2, 0.25) is 10.0 Å². The maximum Gasteiger partial charge on any atom is 0.328 e. The summed E-state index contributed by atoms with van der Waals surface area (Å²) in [7, 11) is 1.36. The van der Waals surface area contributed by atoms with Crippen LogP contribution >= 0.6 is 23.2 Å². The summed E-state index contributed by atoms with van der Waals surface area (Å²) in [5.41, 5.74) is 0.670. The van der Waals surface area contributed by atoms with Crippen LogP contribution in [0.3, 0.4) is 0 Å². The van der Waals surface area contributed by atoms with E-state index in [4.69, 9.17) is 23.2 Å². The van der Waals surface area contributed by atoms with E-state index in [2.05, 4.69) is 10.1 Å². The Morgan fingerprint density at radius 1 is 1.50 bits per heavy atom. The van der Waals surface area contributed by atoms with Gasteiger partial charge in [0.05, 0.1) is 17.8 Å². The van der Waals surface area contributed by atoms with Crippen molar-refractivity contribution in [3.8, 4) is 0 Å². The standard InChI is InChI=1S/C11H13Cl2NO2/c1-3-9(11(15)16-2)14-10-5-4-7(12)6-8(10)13/h4-6,9,14H,3H2,1-2H3. The fraction of sp³-hybridized carbons (Fsp3) is 0.364. The molecule has 0 aliphatic rings. The zero-order valence-electron chi connectivity index (χ0n) is 9.09. The molecule has 0 bridgehead atoms. The molecule has 0 fully saturated rings. The van der Waals surface area contributed by atoms with Crippen LogP contribution in [-0.4, -0.2) is 19.1 Å². The molecular weight excluding hydrogens is 249 g/mol. The van der Waals surface area contributed by atoms with Gasteiger partial charge in [-0.05, 0) is 24.6 Å². The van der Waals surface area contributed by atoms with E-state index in [1.54, 1.807) is 18.2 Å². The molecule has 1 aromatic rings. The van der Waals surface area contributed by atoms with Crippen LogP contribution in [0.25, 0.3) is 0 Å². The van der Waals surface area contributed by atoms with E-state index >= 15 is 0 Å². The number of halogens is 2. The lowest BCUT2D eigenvalue weighted by Gasteiger charge is -2.16. The van der Waals surface area contributed by atoms with Gasteiger partial charge in [-0.3, -0.25) is 0 Å². The Morgan fingerprint density at radius 2 is 2.19 bits per heavy atom. The molecule has 16 heavy (non-hydrogen) atoms. The van der Waals surface area contributed by atoms with Gasteiger partial charge in [0, 0.05) is 5.02 Å². The number of nitrogens with one attached hydrogen (secondary N) is 1. The normalized spacial score (nSPS) is 12.0. The molecule has 3 nitrogen and oxygen atoms in total. The van der Waals surface area contributed by atoms with Crippen LogP contribution in [0.1, 0.15) is 13.3 Å². The molecule has 1 atom stereocenters. The highest BCUT2D eigenvalue weighted by Crippen LogP contribution is 2.26. The smallest absolute Gasteiger partial charge is 0.328 e. The third kappa shape index (κ3) is 3.29. The van der Waals surface area contributed by atoms with Crippen LogP contribution in [0, 0.1) is 0 Å². The van der Waals surface area contributed by atoms with E-state index in [1.807, 2.05) is 6.92 Å². The number of hydrogen-bond acceptors (Lipinski definition) is 3. The summed E-state index contributed by atoms with van der Waals surface area (Å²) in [6.45, 7) is 1.89. The highest BCUT2D eigenvalue weighted by molar-refractivity contribution is 6.36. The van der Waals surface area contributed by atoms with Gasteiger partial charge < -0.3 is 10.1 Å². The zero-order chi connectivity index (χ0) is 12.1. The number of hydrogen-bond donors (Lipinski definition) is 1. The van der Waals surface area contributed by atoms with E-state index in [0.29, 0.717) is 22.2 Å². The fourth-order valence-electron chi connectivity index (χ4n) is 1.26. The third-order valence-electron chi connectivity index (χ3n) is 2.15. The Morgan fingerprint density at radius 3 is 2.69 bits per heavy atom. The van der Waals surface area contributed by atoms with Crippen molar-refractivity contribution in [3.63, 3.8) is 0 Å². The molecule has 0 aliphatic carbocycles. The SMILES string of the molecule is CCC(Nc1ccc(Cl)cc1Cl)C(=O)OC. The minimum atomic E-state index is -0.399. The second-order valence-electron chi connectivity index (χ2n) is 3.25. The predicted octanol–water partition coefficient (Wildman–Crippen LogP) is 3.36. The number of methoxy groups -OCH3 is 1. The first-order valence-electron chi connectivity index (χ1n) is 4.88. The molecule has 1 rings (SSSR count). The quantitative estimate of drug-likeness (QED) is 0.845. The van der Waals surface area contributed by atoms with Crippen LogP contribution < -0.4 is 5.32 Å². The lowest BCUT2D eigenvalue weighted by atomic mass is 10.2. The molecule has 88 valence electrons. The summed E-state index contributed by atoms with van der Waals surface area (Å²) in [5.74, 6) is -0.312. The van der Waals surface area contributed by atoms with Gasteiger partial charge in [0.25, 0.3) is 0 Å². The van der Waals surface area contributed by atoms with Gasteiger partial charge in [-0.15, -0.1) is 0 Å². The van der Waals surface area contributed by atoms with Gasteiger partial charge in [0.2, 0.25) is 0 Å². The maximum absolute atomic E-state index is 11.4. The van der Waals surface area contributed by atoms with Gasteiger partial charge >= 0.3 is 5.97 Å². The topological polar surface area (TPSA) is 38.3 Å². The van der Waals surface area contributed by atoms with E-state index in [1.165, 1.54) is 7.11 Å². The number of carbonyl (C=O) groups is 1. The number of benzene rings is 1. The van der Waals surface area contributed by atoms with Gasteiger partial charge in [-0.25, -0.2) is 4.79 Å². The summed E-state index contributed by atoms with van der Waals surface area (Å²) in [6, 6.07) is 4.66. The summed E-state index contributed by atoms with van der Waals surface area (Å²) >= 11 is 11.8. The average molecular weight is 262 g/mol. The third-order valence-corrected chi connectivity index (χ3v) is 2.70. The summed E-state index contributed by atoms with van der Waals surface area (Å²) in [5, 5.41) is 4.05. The number of anilines is 1. The molecule has 5 heteroatoms. The minimum Gasteiger partial charge on any atom is -0.467 e. The van der Waals surface area contributed by atoms with Gasteiger partial charge in [0.1, 0.15) is 6.04 Å². The molecule has 1 unspecified atom stereocenters. The van der Waals surface area contributed by atoms with Crippen molar-refractivity contribution in [3.05, 3.63) is 28.2 Å². The van der Waals surface area contributed by atoms with Crippen LogP contribution in [0.4, 0.5) is 5.69 Å². The highest BCUT2D eigenvalue weighted by Gasteiger charge is 2.17. The van der Waals surface area contributed by atoms with E-state index < -0.39 is 6.04 Å². The van der Waals surface area contributed by atoms with Gasteiger partial charge in [-0.2, -0.15) is 0 Å². The second kappa shape index (κ2) is 5.97. The molecule has 0 aromatic heterocycles. The summed E-state index contributed by atoms with van der Waals surface area (Å²) < 4.78 is 4.67. The Labute approximate surface area is 105 Å². The Kier molecular flexibility index (Phi) is 4.90. The van der Waals surface area contributed by atoms with Crippen molar-refractivity contribution in [2.75, 3.05) is 12.4 Å². The van der Waals surface area contributed by atoms with Crippen molar-refractivity contribution >= 4 is 34.9 Å². The molecule has 1 N–H and O–H groups in total. The minimum absolute atomic E-state index is 0.312. The van der Waals surface area contributed by atoms with E-state index in [9.17, 15) is 4.79 Å². The molecule has 0 radical (unpaired) electrons. The zero-order valence-corrected chi connectivity index (χ0v) is 10.6. The number of esters is 1. The number of rotatable bonds is 4. The molecule has 0 heterocycles. The Balaban J connectivity index is 2.82. The molecular formula is C11H13Cl2NO2. The van der Waals surface area contributed by atoms with Crippen LogP contribution in [0.15, 0.2) is 18.2 Å². The molecule has 0 saturated carbocycles. The first-order valence-corrected chi connectivity index (χ1v) is 5.63. The Bertz CT molecular complexity index is 382. The van der Waals surface area contributed by atoms with Crippen molar-refractivity contribution in [1.29, 1.82) is 0 Å². The van der Waals surface area contributed by atoms with E-state index in [-0.39, 0.29) is 5.97 Å². The lowest BCUT2D eigenvalue weighted by Crippen LogP contribution is -2.29. The average Bonchev–Trinajstić information content (AvgIpc) is 2.27. The number of ether oxygens (including phenoxy) is 1. The molecule has 0 amide bonds.